The molecule has 0 saturated carbocycles. The molecule has 0 radical (unpaired) electrons. The average Bonchev–Trinajstić information content (AvgIpc) is 2.50. The first-order valence-corrected chi connectivity index (χ1v) is 7.53. The molecule has 0 aliphatic carbocycles. The van der Waals surface area contributed by atoms with Crippen LogP contribution >= 0.6 is 11.6 Å². The summed E-state index contributed by atoms with van der Waals surface area (Å²) in [5.74, 6) is 0.0597. The topological polar surface area (TPSA) is 74.1 Å². The van der Waals surface area contributed by atoms with Crippen LogP contribution in [-0.4, -0.2) is 31.6 Å². The number of nitriles is 1. The lowest BCUT2D eigenvalue weighted by atomic mass is 10.0. The lowest BCUT2D eigenvalue weighted by Crippen LogP contribution is -2.43. The van der Waals surface area contributed by atoms with Crippen molar-refractivity contribution in [2.24, 2.45) is 0 Å². The Bertz CT molecular complexity index is 579. The van der Waals surface area contributed by atoms with Gasteiger partial charge in [-0.25, -0.2) is 0 Å². The number of ether oxygens (including phenoxy) is 1. The molecule has 22 heavy (non-hydrogen) atoms. The molecule has 1 amide bonds. The van der Waals surface area contributed by atoms with Gasteiger partial charge in [0.15, 0.2) is 0 Å². The predicted octanol–water partition coefficient (Wildman–Crippen LogP) is 2.73. The van der Waals surface area contributed by atoms with Crippen molar-refractivity contribution in [3.63, 3.8) is 0 Å². The molecule has 0 bridgehead atoms. The second kappa shape index (κ2) is 8.02. The van der Waals surface area contributed by atoms with Crippen LogP contribution in [0.2, 0.25) is 5.02 Å². The van der Waals surface area contributed by atoms with E-state index in [4.69, 9.17) is 21.6 Å². The zero-order valence-electron chi connectivity index (χ0n) is 13.4. The zero-order chi connectivity index (χ0) is 16.8. The molecule has 0 aliphatic rings. The van der Waals surface area contributed by atoms with Crippen molar-refractivity contribution in [1.29, 1.82) is 5.26 Å². The molecule has 120 valence electrons. The van der Waals surface area contributed by atoms with E-state index in [0.29, 0.717) is 24.4 Å². The highest BCUT2D eigenvalue weighted by atomic mass is 35.5. The van der Waals surface area contributed by atoms with Crippen molar-refractivity contribution in [3.05, 3.63) is 28.3 Å². The van der Waals surface area contributed by atoms with Crippen molar-refractivity contribution in [2.75, 3.05) is 20.2 Å². The zero-order valence-corrected chi connectivity index (χ0v) is 14.2. The van der Waals surface area contributed by atoms with E-state index in [1.54, 1.807) is 0 Å². The minimum atomic E-state index is -0.291. The third-order valence-electron chi connectivity index (χ3n) is 3.55. The highest BCUT2D eigenvalue weighted by Gasteiger charge is 2.16. The largest absolute Gasteiger partial charge is 0.496 e. The van der Waals surface area contributed by atoms with Crippen LogP contribution in [0.15, 0.2) is 12.1 Å². The van der Waals surface area contributed by atoms with E-state index in [9.17, 15) is 4.79 Å². The summed E-state index contributed by atoms with van der Waals surface area (Å²) in [6.07, 6.45) is 0.998. The summed E-state index contributed by atoms with van der Waals surface area (Å²) in [5.41, 5.74) is 0.590. The van der Waals surface area contributed by atoms with Crippen molar-refractivity contribution < 1.29 is 9.53 Å². The highest BCUT2D eigenvalue weighted by molar-refractivity contribution is 6.32. The van der Waals surface area contributed by atoms with Gasteiger partial charge in [-0.3, -0.25) is 4.79 Å². The van der Waals surface area contributed by atoms with Crippen LogP contribution in [0.4, 0.5) is 0 Å². The Morgan fingerprint density at radius 1 is 1.41 bits per heavy atom. The molecular formula is C16H22ClN3O2. The van der Waals surface area contributed by atoms with Gasteiger partial charge < -0.3 is 15.4 Å². The molecule has 0 saturated heterocycles. The van der Waals surface area contributed by atoms with Crippen LogP contribution in [0.1, 0.15) is 43.1 Å². The Hall–Kier alpha value is -1.77. The van der Waals surface area contributed by atoms with Gasteiger partial charge in [0.1, 0.15) is 11.8 Å². The van der Waals surface area contributed by atoms with Crippen LogP contribution in [0.3, 0.4) is 0 Å². The van der Waals surface area contributed by atoms with Gasteiger partial charge in [-0.05, 0) is 26.3 Å². The molecule has 0 atom stereocenters. The maximum Gasteiger partial charge on any atom is 0.255 e. The number of carbonyl (C=O) groups excluding carboxylic acids is 1. The Labute approximate surface area is 136 Å². The van der Waals surface area contributed by atoms with Gasteiger partial charge in [-0.15, -0.1) is 0 Å². The van der Waals surface area contributed by atoms with E-state index in [2.05, 4.69) is 31.4 Å². The Balaban J connectivity index is 2.72. The van der Waals surface area contributed by atoms with E-state index >= 15 is 0 Å². The third kappa shape index (κ3) is 4.90. The van der Waals surface area contributed by atoms with Crippen LogP contribution in [0.5, 0.6) is 5.75 Å². The maximum atomic E-state index is 12.2. The number of halogens is 1. The fourth-order valence-electron chi connectivity index (χ4n) is 1.78. The van der Waals surface area contributed by atoms with Gasteiger partial charge >= 0.3 is 0 Å². The number of benzene rings is 1. The minimum absolute atomic E-state index is 0.0384. The molecule has 0 aromatic heterocycles. The van der Waals surface area contributed by atoms with Crippen LogP contribution in [0, 0.1) is 11.3 Å². The van der Waals surface area contributed by atoms with Crippen LogP contribution in [0.25, 0.3) is 0 Å². The summed E-state index contributed by atoms with van der Waals surface area (Å²) in [7, 11) is 1.46. The second-order valence-corrected chi connectivity index (χ2v) is 5.97. The molecule has 1 aromatic carbocycles. The summed E-state index contributed by atoms with van der Waals surface area (Å²) >= 11 is 5.93. The van der Waals surface area contributed by atoms with Gasteiger partial charge in [-0.1, -0.05) is 18.5 Å². The Kier molecular flexibility index (Phi) is 6.66. The summed E-state index contributed by atoms with van der Waals surface area (Å²) in [5, 5.41) is 15.4. The van der Waals surface area contributed by atoms with Crippen molar-refractivity contribution in [1.82, 2.24) is 10.6 Å². The Morgan fingerprint density at radius 2 is 2.09 bits per heavy atom. The third-order valence-corrected chi connectivity index (χ3v) is 3.86. The second-order valence-electron chi connectivity index (χ2n) is 5.56. The number of hydrogen-bond acceptors (Lipinski definition) is 4. The molecule has 1 aromatic rings. The standard InChI is InChI=1S/C16H22ClN3O2/c1-5-16(2,3)20-7-6-19-15(21)12-8-11(10-18)13(17)9-14(12)22-4/h8-9,20H,5-7H2,1-4H3,(H,19,21). The van der Waals surface area contributed by atoms with E-state index in [1.165, 1.54) is 19.2 Å². The molecule has 1 rings (SSSR count). The normalized spacial score (nSPS) is 10.9. The van der Waals surface area contributed by atoms with Crippen molar-refractivity contribution in [2.45, 2.75) is 32.7 Å². The number of methoxy groups -OCH3 is 1. The number of nitrogens with one attached hydrogen (secondary N) is 2. The lowest BCUT2D eigenvalue weighted by Gasteiger charge is -2.24. The fourth-order valence-corrected chi connectivity index (χ4v) is 1.98. The smallest absolute Gasteiger partial charge is 0.255 e. The SMILES string of the molecule is CCC(C)(C)NCCNC(=O)c1cc(C#N)c(Cl)cc1OC. The molecule has 2 N–H and O–H groups in total. The first kappa shape index (κ1) is 18.3. The first-order valence-electron chi connectivity index (χ1n) is 7.15. The molecule has 5 nitrogen and oxygen atoms in total. The van der Waals surface area contributed by atoms with Gasteiger partial charge in [0.25, 0.3) is 5.91 Å². The Morgan fingerprint density at radius 3 is 2.64 bits per heavy atom. The van der Waals surface area contributed by atoms with Gasteiger partial charge in [0, 0.05) is 24.7 Å². The minimum Gasteiger partial charge on any atom is -0.496 e. The monoisotopic (exact) mass is 323 g/mol. The number of hydrogen-bond donors (Lipinski definition) is 2. The molecular weight excluding hydrogens is 302 g/mol. The first-order chi connectivity index (χ1) is 10.3. The molecule has 6 heteroatoms. The average molecular weight is 324 g/mol. The van der Waals surface area contributed by atoms with Gasteiger partial charge in [0.2, 0.25) is 0 Å². The van der Waals surface area contributed by atoms with Gasteiger partial charge in [-0.2, -0.15) is 5.26 Å². The summed E-state index contributed by atoms with van der Waals surface area (Å²) in [6, 6.07) is 4.88. The number of rotatable bonds is 7. The molecule has 0 aliphatic heterocycles. The van der Waals surface area contributed by atoms with E-state index in [1.807, 2.05) is 6.07 Å². The maximum absolute atomic E-state index is 12.2. The highest BCUT2D eigenvalue weighted by Crippen LogP contribution is 2.26. The fraction of sp³-hybridized carbons (Fsp3) is 0.500. The summed E-state index contributed by atoms with van der Waals surface area (Å²) < 4.78 is 5.15. The molecule has 0 spiro atoms. The van der Waals surface area contributed by atoms with Crippen LogP contribution in [-0.2, 0) is 0 Å². The lowest BCUT2D eigenvalue weighted by molar-refractivity contribution is 0.0950. The molecule has 0 fully saturated rings. The van der Waals surface area contributed by atoms with E-state index in [-0.39, 0.29) is 22.0 Å². The number of carbonyl (C=O) groups is 1. The van der Waals surface area contributed by atoms with Gasteiger partial charge in [0.05, 0.1) is 23.3 Å². The predicted molar refractivity (Wildman–Crippen MR) is 87.4 cm³/mol. The summed E-state index contributed by atoms with van der Waals surface area (Å²) in [4.78, 5) is 12.2. The number of amides is 1. The van der Waals surface area contributed by atoms with E-state index in [0.717, 1.165) is 6.42 Å². The van der Waals surface area contributed by atoms with Crippen LogP contribution < -0.4 is 15.4 Å². The quantitative estimate of drug-likeness (QED) is 0.757. The number of nitrogens with zero attached hydrogens (tertiary/aromatic N) is 1. The van der Waals surface area contributed by atoms with Crippen molar-refractivity contribution >= 4 is 17.5 Å². The van der Waals surface area contributed by atoms with E-state index < -0.39 is 0 Å². The summed E-state index contributed by atoms with van der Waals surface area (Å²) in [6.45, 7) is 7.46. The molecule has 0 heterocycles. The van der Waals surface area contributed by atoms with Crippen molar-refractivity contribution in [3.8, 4) is 11.8 Å². The molecule has 0 unspecified atom stereocenters.